The number of amides is 1. The monoisotopic (exact) mass is 287 g/mol. The van der Waals surface area contributed by atoms with Gasteiger partial charge in [-0.05, 0) is 12.1 Å². The maximum absolute atomic E-state index is 11.4. The lowest BCUT2D eigenvalue weighted by atomic mass is 10.5. The molecule has 0 saturated heterocycles. The Bertz CT molecular complexity index is 390. The second-order valence-corrected chi connectivity index (χ2v) is 4.07. The van der Waals surface area contributed by atoms with Crippen LogP contribution in [0.4, 0.5) is 0 Å². The molecule has 0 spiro atoms. The van der Waals surface area contributed by atoms with E-state index in [1.807, 2.05) is 0 Å². The summed E-state index contributed by atoms with van der Waals surface area (Å²) in [6, 6.07) is 3.42. The summed E-state index contributed by atoms with van der Waals surface area (Å²) in [4.78, 5) is 15.3. The van der Waals surface area contributed by atoms with E-state index >= 15 is 0 Å². The van der Waals surface area contributed by atoms with E-state index in [-0.39, 0.29) is 12.5 Å². The number of carbonyl (C=O) groups is 1. The van der Waals surface area contributed by atoms with E-state index in [0.717, 1.165) is 0 Å². The zero-order valence-corrected chi connectivity index (χ0v) is 11.6. The van der Waals surface area contributed by atoms with E-state index in [1.54, 1.807) is 25.4 Å². The Hall–Kier alpha value is -1.37. The molecule has 1 rings (SSSR count). The van der Waals surface area contributed by atoms with Crippen LogP contribution in [0.15, 0.2) is 18.3 Å². The number of rotatable bonds is 9. The highest BCUT2D eigenvalue weighted by Gasteiger charge is 2.02. The summed E-state index contributed by atoms with van der Waals surface area (Å²) < 4.78 is 10.2. The third-order valence-electron chi connectivity index (χ3n) is 2.16. The van der Waals surface area contributed by atoms with E-state index in [2.05, 4.69) is 15.6 Å². The fourth-order valence-electron chi connectivity index (χ4n) is 1.25. The van der Waals surface area contributed by atoms with Crippen molar-refractivity contribution >= 4 is 17.5 Å². The number of nitrogens with zero attached hydrogens (tertiary/aromatic N) is 1. The van der Waals surface area contributed by atoms with Crippen molar-refractivity contribution in [3.05, 3.63) is 23.4 Å². The molecule has 1 heterocycles. The van der Waals surface area contributed by atoms with E-state index < -0.39 is 0 Å². The van der Waals surface area contributed by atoms with Crippen LogP contribution in [-0.4, -0.2) is 50.8 Å². The summed E-state index contributed by atoms with van der Waals surface area (Å²) in [6.45, 7) is 2.20. The Morgan fingerprint density at radius 3 is 3.00 bits per heavy atom. The molecule has 0 radical (unpaired) electrons. The summed E-state index contributed by atoms with van der Waals surface area (Å²) >= 11 is 5.87. The van der Waals surface area contributed by atoms with Crippen LogP contribution in [0, 0.1) is 0 Å². The molecular weight excluding hydrogens is 270 g/mol. The van der Waals surface area contributed by atoms with Gasteiger partial charge in [0.2, 0.25) is 11.8 Å². The van der Waals surface area contributed by atoms with E-state index in [0.29, 0.717) is 37.2 Å². The van der Waals surface area contributed by atoms with Crippen molar-refractivity contribution in [2.45, 2.75) is 0 Å². The number of carbonyl (C=O) groups excluding carboxylic acids is 1. The molecular formula is C12H18ClN3O3. The maximum Gasteiger partial charge on any atom is 0.234 e. The van der Waals surface area contributed by atoms with Gasteiger partial charge in [-0.25, -0.2) is 4.98 Å². The van der Waals surface area contributed by atoms with Crippen LogP contribution < -0.4 is 15.4 Å². The molecule has 1 amide bonds. The van der Waals surface area contributed by atoms with Crippen LogP contribution in [0.3, 0.4) is 0 Å². The second-order valence-electron chi connectivity index (χ2n) is 3.66. The maximum atomic E-state index is 11.4. The molecule has 0 aliphatic carbocycles. The lowest BCUT2D eigenvalue weighted by molar-refractivity contribution is -0.120. The van der Waals surface area contributed by atoms with Gasteiger partial charge < -0.3 is 20.1 Å². The summed E-state index contributed by atoms with van der Waals surface area (Å²) in [5.41, 5.74) is 0. The van der Waals surface area contributed by atoms with Crippen molar-refractivity contribution < 1.29 is 14.3 Å². The van der Waals surface area contributed by atoms with Crippen LogP contribution in [-0.2, 0) is 9.53 Å². The number of ether oxygens (including phenoxy) is 2. The van der Waals surface area contributed by atoms with E-state index in [4.69, 9.17) is 21.1 Å². The van der Waals surface area contributed by atoms with Gasteiger partial charge in [0.05, 0.1) is 19.7 Å². The average molecular weight is 288 g/mol. The summed E-state index contributed by atoms with van der Waals surface area (Å²) in [5, 5.41) is 6.11. The minimum absolute atomic E-state index is 0.0909. The zero-order chi connectivity index (χ0) is 13.9. The molecule has 0 aliphatic heterocycles. The molecule has 7 heteroatoms. The smallest absolute Gasteiger partial charge is 0.234 e. The second kappa shape index (κ2) is 9.55. The molecule has 0 aromatic carbocycles. The molecule has 0 saturated carbocycles. The highest BCUT2D eigenvalue weighted by atomic mass is 35.5. The van der Waals surface area contributed by atoms with Gasteiger partial charge in [-0.1, -0.05) is 11.6 Å². The Labute approximate surface area is 117 Å². The minimum atomic E-state index is -0.0909. The SMILES string of the molecule is COCCNCC(=O)NCCOc1ncccc1Cl. The Morgan fingerprint density at radius 1 is 1.42 bits per heavy atom. The number of nitrogens with one attached hydrogen (secondary N) is 2. The first-order chi connectivity index (χ1) is 9.24. The molecule has 106 valence electrons. The lowest BCUT2D eigenvalue weighted by Gasteiger charge is -2.08. The molecule has 19 heavy (non-hydrogen) atoms. The predicted octanol–water partition coefficient (Wildman–Crippen LogP) is 0.466. The quantitative estimate of drug-likeness (QED) is 0.646. The van der Waals surface area contributed by atoms with Crippen molar-refractivity contribution in [1.82, 2.24) is 15.6 Å². The summed E-state index contributed by atoms with van der Waals surface area (Å²) in [5.74, 6) is 0.281. The van der Waals surface area contributed by atoms with Crippen LogP contribution in [0.25, 0.3) is 0 Å². The fourth-order valence-corrected chi connectivity index (χ4v) is 1.43. The minimum Gasteiger partial charge on any atom is -0.475 e. The average Bonchev–Trinajstić information content (AvgIpc) is 2.41. The fraction of sp³-hybridized carbons (Fsp3) is 0.500. The summed E-state index contributed by atoms with van der Waals surface area (Å²) in [6.07, 6.45) is 1.60. The van der Waals surface area contributed by atoms with Crippen LogP contribution in [0.2, 0.25) is 5.02 Å². The van der Waals surface area contributed by atoms with Crippen LogP contribution in [0.1, 0.15) is 0 Å². The van der Waals surface area contributed by atoms with Gasteiger partial charge in [-0.3, -0.25) is 4.79 Å². The predicted molar refractivity (Wildman–Crippen MR) is 72.5 cm³/mol. The van der Waals surface area contributed by atoms with Gasteiger partial charge in [0, 0.05) is 19.9 Å². The lowest BCUT2D eigenvalue weighted by Crippen LogP contribution is -2.37. The van der Waals surface area contributed by atoms with Crippen molar-refractivity contribution in [1.29, 1.82) is 0 Å². The molecule has 0 bridgehead atoms. The van der Waals surface area contributed by atoms with E-state index in [9.17, 15) is 4.79 Å². The van der Waals surface area contributed by atoms with Gasteiger partial charge in [0.25, 0.3) is 0 Å². The zero-order valence-electron chi connectivity index (χ0n) is 10.8. The van der Waals surface area contributed by atoms with Crippen LogP contribution >= 0.6 is 11.6 Å². The van der Waals surface area contributed by atoms with E-state index in [1.165, 1.54) is 0 Å². The molecule has 2 N–H and O–H groups in total. The first-order valence-electron chi connectivity index (χ1n) is 5.93. The van der Waals surface area contributed by atoms with Crippen LogP contribution in [0.5, 0.6) is 5.88 Å². The Kier molecular flexibility index (Phi) is 7.88. The van der Waals surface area contributed by atoms with Gasteiger partial charge in [-0.15, -0.1) is 0 Å². The topological polar surface area (TPSA) is 72.5 Å². The first kappa shape index (κ1) is 15.7. The van der Waals surface area contributed by atoms with Crippen molar-refractivity contribution in [2.24, 2.45) is 0 Å². The molecule has 0 fully saturated rings. The van der Waals surface area contributed by atoms with Gasteiger partial charge in [-0.2, -0.15) is 0 Å². The number of aromatic nitrogens is 1. The third kappa shape index (κ3) is 6.95. The first-order valence-corrected chi connectivity index (χ1v) is 6.31. The van der Waals surface area contributed by atoms with Crippen molar-refractivity contribution in [2.75, 3.05) is 40.0 Å². The molecule has 6 nitrogen and oxygen atoms in total. The molecule has 0 unspecified atom stereocenters. The Morgan fingerprint density at radius 2 is 2.26 bits per heavy atom. The standard InChI is InChI=1S/C12H18ClN3O3/c1-18-7-5-14-9-11(17)15-6-8-19-12-10(13)3-2-4-16-12/h2-4,14H,5-9H2,1H3,(H,15,17). The Balaban J connectivity index is 2.07. The number of hydrogen-bond acceptors (Lipinski definition) is 5. The highest BCUT2D eigenvalue weighted by molar-refractivity contribution is 6.31. The molecule has 1 aromatic heterocycles. The van der Waals surface area contributed by atoms with Crippen molar-refractivity contribution in [3.63, 3.8) is 0 Å². The van der Waals surface area contributed by atoms with Gasteiger partial charge >= 0.3 is 0 Å². The normalized spacial score (nSPS) is 10.2. The molecule has 1 aromatic rings. The van der Waals surface area contributed by atoms with Gasteiger partial charge in [0.15, 0.2) is 0 Å². The molecule has 0 aliphatic rings. The number of halogens is 1. The largest absolute Gasteiger partial charge is 0.475 e. The van der Waals surface area contributed by atoms with Crippen molar-refractivity contribution in [3.8, 4) is 5.88 Å². The number of pyridine rings is 1. The third-order valence-corrected chi connectivity index (χ3v) is 2.44. The molecule has 0 atom stereocenters. The number of hydrogen-bond donors (Lipinski definition) is 2. The summed E-state index contributed by atoms with van der Waals surface area (Å²) in [7, 11) is 1.61. The van der Waals surface area contributed by atoms with Gasteiger partial charge in [0.1, 0.15) is 11.6 Å². The number of methoxy groups -OCH3 is 1. The highest BCUT2D eigenvalue weighted by Crippen LogP contribution is 2.19.